The molecule has 0 aliphatic heterocycles. The molecule has 248 valence electrons. The van der Waals surface area contributed by atoms with Crippen molar-refractivity contribution in [2.75, 3.05) is 24.3 Å². The van der Waals surface area contributed by atoms with E-state index in [2.05, 4.69) is 40.0 Å². The Balaban J connectivity index is 0.000000659. The Bertz CT molecular complexity index is 1890. The Labute approximate surface area is 279 Å². The summed E-state index contributed by atoms with van der Waals surface area (Å²) in [5, 5.41) is 18.6. The second-order valence-electron chi connectivity index (χ2n) is 11.5. The van der Waals surface area contributed by atoms with Gasteiger partial charge < -0.3 is 30.5 Å². The molecule has 0 unspecified atom stereocenters. The lowest BCUT2D eigenvalue weighted by Crippen LogP contribution is -2.29. The number of benzene rings is 4. The molecule has 1 aromatic heterocycles. The van der Waals surface area contributed by atoms with Crippen molar-refractivity contribution in [3.8, 4) is 17.2 Å². The fourth-order valence-electron chi connectivity index (χ4n) is 4.33. The van der Waals surface area contributed by atoms with Crippen molar-refractivity contribution >= 4 is 34.1 Å². The highest BCUT2D eigenvalue weighted by atomic mass is 19.1. The SMILES string of the molecule is CN/C(C)=C(\C(=O)Nc1ccccc1)C(=O)Nc1ccc(Oc2ccnc3cc(OCC(C)(C)O)ccc23)c(F)c1.Cc1ccccc1. The first-order valence-corrected chi connectivity index (χ1v) is 15.2. The number of carbonyl (C=O) groups is 2. The van der Waals surface area contributed by atoms with Gasteiger partial charge in [-0.2, -0.15) is 0 Å². The van der Waals surface area contributed by atoms with Crippen molar-refractivity contribution in [2.24, 2.45) is 0 Å². The van der Waals surface area contributed by atoms with Gasteiger partial charge in [0.1, 0.15) is 23.7 Å². The molecule has 0 aliphatic carbocycles. The molecule has 5 rings (SSSR count). The van der Waals surface area contributed by atoms with E-state index in [4.69, 9.17) is 9.47 Å². The van der Waals surface area contributed by atoms with Crippen LogP contribution >= 0.6 is 0 Å². The summed E-state index contributed by atoms with van der Waals surface area (Å²) < 4.78 is 26.6. The predicted octanol–water partition coefficient (Wildman–Crippen LogP) is 7.38. The van der Waals surface area contributed by atoms with Crippen LogP contribution in [0.5, 0.6) is 17.2 Å². The number of aromatic nitrogens is 1. The van der Waals surface area contributed by atoms with Crippen LogP contribution in [0.1, 0.15) is 26.3 Å². The van der Waals surface area contributed by atoms with Gasteiger partial charge in [-0.05, 0) is 70.2 Å². The molecule has 5 aromatic rings. The molecular weight excluding hydrogens is 611 g/mol. The molecule has 0 aliphatic rings. The standard InChI is InChI=1S/C31H31FN4O5.C7H8/c1-19(33-4)28(29(37)35-20-8-6-5-7-9-20)30(38)36-21-10-13-27(24(32)16-21)41-26-14-15-34-25-17-22(11-12-23(25)26)40-18-31(2,3)39;1-7-5-3-2-4-6-7/h5-17,33,39H,18H2,1-4H3,(H,35,37)(H,36,38);2-6H,1H3/b28-19+;. The summed E-state index contributed by atoms with van der Waals surface area (Å²) in [6.45, 7) is 7.07. The zero-order valence-electron chi connectivity index (χ0n) is 27.5. The number of para-hydroxylation sites is 1. The number of pyridine rings is 1. The molecule has 9 nitrogen and oxygen atoms in total. The van der Waals surface area contributed by atoms with E-state index in [0.717, 1.165) is 6.07 Å². The molecule has 48 heavy (non-hydrogen) atoms. The number of aliphatic hydroxyl groups is 1. The maximum Gasteiger partial charge on any atom is 0.263 e. The number of amides is 2. The number of anilines is 2. The van der Waals surface area contributed by atoms with E-state index in [-0.39, 0.29) is 23.6 Å². The first-order chi connectivity index (χ1) is 22.9. The lowest BCUT2D eigenvalue weighted by Gasteiger charge is -2.18. The van der Waals surface area contributed by atoms with E-state index in [1.165, 1.54) is 23.9 Å². The fourth-order valence-corrected chi connectivity index (χ4v) is 4.33. The number of rotatable bonds is 10. The van der Waals surface area contributed by atoms with Crippen LogP contribution in [-0.2, 0) is 9.59 Å². The first kappa shape index (κ1) is 35.1. The number of nitrogens with zero attached hydrogens (tertiary/aromatic N) is 1. The zero-order valence-corrected chi connectivity index (χ0v) is 27.5. The Morgan fingerprint density at radius 3 is 2.06 bits per heavy atom. The number of ether oxygens (including phenoxy) is 2. The average Bonchev–Trinajstić information content (AvgIpc) is 3.06. The van der Waals surface area contributed by atoms with Gasteiger partial charge in [0.05, 0.1) is 11.1 Å². The van der Waals surface area contributed by atoms with E-state index in [9.17, 15) is 14.7 Å². The average molecular weight is 651 g/mol. The quantitative estimate of drug-likeness (QED) is 0.0707. The van der Waals surface area contributed by atoms with Gasteiger partial charge in [0.25, 0.3) is 11.8 Å². The minimum atomic E-state index is -0.991. The third kappa shape index (κ3) is 10.1. The molecule has 1 heterocycles. The number of fused-ring (bicyclic) bond motifs is 1. The van der Waals surface area contributed by atoms with Crippen LogP contribution in [0.2, 0.25) is 0 Å². The van der Waals surface area contributed by atoms with Crippen LogP contribution in [0, 0.1) is 12.7 Å². The summed E-state index contributed by atoms with van der Waals surface area (Å²) in [5.41, 5.74) is 1.76. The number of allylic oxidation sites excluding steroid dienone is 1. The van der Waals surface area contributed by atoms with Gasteiger partial charge in [0.2, 0.25) is 0 Å². The number of aryl methyl sites for hydroxylation is 1. The first-order valence-electron chi connectivity index (χ1n) is 15.2. The molecule has 2 amide bonds. The molecule has 0 bridgehead atoms. The van der Waals surface area contributed by atoms with Crippen molar-refractivity contribution < 1.29 is 28.6 Å². The highest BCUT2D eigenvalue weighted by molar-refractivity contribution is 6.26. The molecule has 0 atom stereocenters. The van der Waals surface area contributed by atoms with Crippen LogP contribution < -0.4 is 25.4 Å². The summed E-state index contributed by atoms with van der Waals surface area (Å²) in [6.07, 6.45) is 1.53. The van der Waals surface area contributed by atoms with Crippen molar-refractivity contribution in [3.63, 3.8) is 0 Å². The number of hydrogen-bond donors (Lipinski definition) is 4. The Morgan fingerprint density at radius 1 is 0.833 bits per heavy atom. The predicted molar refractivity (Wildman–Crippen MR) is 187 cm³/mol. The number of hydrogen-bond acceptors (Lipinski definition) is 7. The summed E-state index contributed by atoms with van der Waals surface area (Å²) in [5.74, 6) is -1.22. The molecule has 0 fully saturated rings. The van der Waals surface area contributed by atoms with Crippen LogP contribution in [0.3, 0.4) is 0 Å². The van der Waals surface area contributed by atoms with Crippen LogP contribution in [0.25, 0.3) is 10.9 Å². The largest absolute Gasteiger partial charge is 0.491 e. The van der Waals surface area contributed by atoms with E-state index >= 15 is 4.39 Å². The molecular formula is C38H39FN4O5. The van der Waals surface area contributed by atoms with Crippen LogP contribution in [0.15, 0.2) is 121 Å². The third-order valence-electron chi connectivity index (χ3n) is 6.85. The molecule has 4 aromatic carbocycles. The van der Waals surface area contributed by atoms with Crippen molar-refractivity contribution in [1.29, 1.82) is 0 Å². The van der Waals surface area contributed by atoms with Crippen LogP contribution in [-0.4, -0.2) is 41.2 Å². The van der Waals surface area contributed by atoms with E-state index in [1.807, 2.05) is 24.3 Å². The normalized spacial score (nSPS) is 11.4. The number of nitrogens with one attached hydrogen (secondary N) is 3. The maximum atomic E-state index is 15.1. The molecule has 4 N–H and O–H groups in total. The molecule has 0 saturated carbocycles. The summed E-state index contributed by atoms with van der Waals surface area (Å²) in [4.78, 5) is 30.3. The Hall–Kier alpha value is -5.74. The van der Waals surface area contributed by atoms with Gasteiger partial charge in [-0.3, -0.25) is 14.6 Å². The number of carbonyl (C=O) groups excluding carboxylic acids is 2. The second kappa shape index (κ2) is 16.2. The Morgan fingerprint density at radius 2 is 1.48 bits per heavy atom. The van der Waals surface area contributed by atoms with Gasteiger partial charge in [-0.25, -0.2) is 4.39 Å². The fraction of sp³-hybridized carbons (Fsp3) is 0.184. The molecule has 10 heteroatoms. The highest BCUT2D eigenvalue weighted by Crippen LogP contribution is 2.33. The molecule has 0 spiro atoms. The topological polar surface area (TPSA) is 122 Å². The van der Waals surface area contributed by atoms with E-state index in [0.29, 0.717) is 33.8 Å². The lowest BCUT2D eigenvalue weighted by atomic mass is 10.1. The van der Waals surface area contributed by atoms with Crippen molar-refractivity contribution in [1.82, 2.24) is 10.3 Å². The summed E-state index contributed by atoms with van der Waals surface area (Å²) in [6, 6.07) is 29.7. The smallest absolute Gasteiger partial charge is 0.263 e. The summed E-state index contributed by atoms with van der Waals surface area (Å²) >= 11 is 0. The minimum Gasteiger partial charge on any atom is -0.491 e. The van der Waals surface area contributed by atoms with Gasteiger partial charge in [0.15, 0.2) is 11.6 Å². The zero-order chi connectivity index (χ0) is 34.7. The van der Waals surface area contributed by atoms with Gasteiger partial charge in [0, 0.05) is 47.8 Å². The van der Waals surface area contributed by atoms with Crippen LogP contribution in [0.4, 0.5) is 15.8 Å². The van der Waals surface area contributed by atoms with Gasteiger partial charge in [-0.1, -0.05) is 54.1 Å². The third-order valence-corrected chi connectivity index (χ3v) is 6.85. The Kier molecular flexibility index (Phi) is 11.8. The number of halogens is 1. The molecule has 0 radical (unpaired) electrons. The highest BCUT2D eigenvalue weighted by Gasteiger charge is 2.22. The van der Waals surface area contributed by atoms with E-state index in [1.54, 1.807) is 76.3 Å². The lowest BCUT2D eigenvalue weighted by molar-refractivity contribution is -0.118. The second-order valence-corrected chi connectivity index (χ2v) is 11.5. The van der Waals surface area contributed by atoms with E-state index < -0.39 is 23.2 Å². The minimum absolute atomic E-state index is 0.0677. The summed E-state index contributed by atoms with van der Waals surface area (Å²) in [7, 11) is 1.59. The molecule has 0 saturated heterocycles. The van der Waals surface area contributed by atoms with Crippen molar-refractivity contribution in [2.45, 2.75) is 33.3 Å². The van der Waals surface area contributed by atoms with Crippen molar-refractivity contribution in [3.05, 3.63) is 132 Å². The van der Waals surface area contributed by atoms with Gasteiger partial charge in [-0.15, -0.1) is 0 Å². The maximum absolute atomic E-state index is 15.1. The van der Waals surface area contributed by atoms with Gasteiger partial charge >= 0.3 is 0 Å². The monoisotopic (exact) mass is 650 g/mol.